The third kappa shape index (κ3) is 3.43. The largest absolute Gasteiger partial charge is 0.448 e. The lowest BCUT2D eigenvalue weighted by atomic mass is 10.2. The molecule has 0 saturated heterocycles. The molecule has 4 rings (SSSR count). The summed E-state index contributed by atoms with van der Waals surface area (Å²) in [5.41, 5.74) is 3.27. The molecule has 132 valence electrons. The molecule has 0 bridgehead atoms. The summed E-state index contributed by atoms with van der Waals surface area (Å²) in [6.07, 6.45) is 3.59. The van der Waals surface area contributed by atoms with E-state index in [0.717, 1.165) is 11.1 Å². The molecule has 7 heteroatoms. The number of aromatic nitrogens is 3. The number of rotatable bonds is 6. The van der Waals surface area contributed by atoms with Crippen molar-refractivity contribution in [1.29, 1.82) is 0 Å². The van der Waals surface area contributed by atoms with Crippen LogP contribution in [0.25, 0.3) is 11.1 Å². The smallest absolute Gasteiger partial charge is 0.268 e. The van der Waals surface area contributed by atoms with Crippen molar-refractivity contribution in [3.05, 3.63) is 76.9 Å². The quantitative estimate of drug-likeness (QED) is 0.525. The lowest BCUT2D eigenvalue weighted by Gasteiger charge is -2.11. The second-order valence-corrected chi connectivity index (χ2v) is 6.71. The van der Waals surface area contributed by atoms with Gasteiger partial charge < -0.3 is 14.3 Å². The van der Waals surface area contributed by atoms with Crippen molar-refractivity contribution in [3.8, 4) is 0 Å². The maximum absolute atomic E-state index is 12.7. The van der Waals surface area contributed by atoms with Crippen LogP contribution in [0.4, 0.5) is 0 Å². The Morgan fingerprint density at radius 2 is 2.04 bits per heavy atom. The minimum absolute atomic E-state index is 0.129. The highest BCUT2D eigenvalue weighted by atomic mass is 79.9. The molecule has 0 fully saturated rings. The number of benzene rings is 1. The SMILES string of the molecule is O=C(NCCn1cccn1)c1cc2oc(Br)cc2n1Cc1ccccc1. The van der Waals surface area contributed by atoms with Crippen LogP contribution in [-0.4, -0.2) is 26.8 Å². The number of amides is 1. The summed E-state index contributed by atoms with van der Waals surface area (Å²) in [4.78, 5) is 12.7. The van der Waals surface area contributed by atoms with E-state index < -0.39 is 0 Å². The van der Waals surface area contributed by atoms with Gasteiger partial charge in [0.1, 0.15) is 5.69 Å². The number of fused-ring (bicyclic) bond motifs is 1. The zero-order valence-electron chi connectivity index (χ0n) is 13.9. The van der Waals surface area contributed by atoms with Gasteiger partial charge in [0.15, 0.2) is 10.3 Å². The van der Waals surface area contributed by atoms with Gasteiger partial charge in [-0.1, -0.05) is 30.3 Å². The van der Waals surface area contributed by atoms with E-state index in [1.54, 1.807) is 16.9 Å². The van der Waals surface area contributed by atoms with Crippen LogP contribution in [0.1, 0.15) is 16.1 Å². The first-order chi connectivity index (χ1) is 12.7. The van der Waals surface area contributed by atoms with E-state index >= 15 is 0 Å². The highest BCUT2D eigenvalue weighted by Gasteiger charge is 2.18. The summed E-state index contributed by atoms with van der Waals surface area (Å²) in [7, 11) is 0. The fourth-order valence-electron chi connectivity index (χ4n) is 2.94. The zero-order chi connectivity index (χ0) is 17.9. The molecule has 3 heterocycles. The van der Waals surface area contributed by atoms with Crippen LogP contribution in [0, 0.1) is 0 Å². The summed E-state index contributed by atoms with van der Waals surface area (Å²) >= 11 is 3.36. The number of nitrogens with one attached hydrogen (secondary N) is 1. The van der Waals surface area contributed by atoms with E-state index in [1.807, 2.05) is 53.2 Å². The minimum Gasteiger partial charge on any atom is -0.448 e. The Bertz CT molecular complexity index is 1020. The van der Waals surface area contributed by atoms with Gasteiger partial charge >= 0.3 is 0 Å². The van der Waals surface area contributed by atoms with E-state index in [4.69, 9.17) is 4.42 Å². The standard InChI is InChI=1S/C19H17BrN4O2/c20-18-12-15-17(26-18)11-16(24(15)13-14-5-2-1-3-6-14)19(25)21-8-10-23-9-4-7-22-23/h1-7,9,11-12H,8,10,13H2,(H,21,25). The van der Waals surface area contributed by atoms with Crippen molar-refractivity contribution in [3.63, 3.8) is 0 Å². The highest BCUT2D eigenvalue weighted by Crippen LogP contribution is 2.27. The lowest BCUT2D eigenvalue weighted by molar-refractivity contribution is 0.0943. The first-order valence-corrected chi connectivity index (χ1v) is 9.08. The van der Waals surface area contributed by atoms with Gasteiger partial charge in [-0.3, -0.25) is 9.48 Å². The van der Waals surface area contributed by atoms with Crippen molar-refractivity contribution in [2.24, 2.45) is 0 Å². The molecule has 0 radical (unpaired) electrons. The first kappa shape index (κ1) is 16.7. The minimum atomic E-state index is -0.129. The molecule has 0 unspecified atom stereocenters. The van der Waals surface area contributed by atoms with Crippen LogP contribution in [0.2, 0.25) is 0 Å². The van der Waals surface area contributed by atoms with Crippen LogP contribution in [0.15, 0.2) is 70.0 Å². The van der Waals surface area contributed by atoms with E-state index in [9.17, 15) is 4.79 Å². The average molecular weight is 413 g/mol. The molecule has 1 aromatic carbocycles. The maximum atomic E-state index is 12.7. The van der Waals surface area contributed by atoms with Crippen molar-refractivity contribution < 1.29 is 9.21 Å². The van der Waals surface area contributed by atoms with Crippen LogP contribution < -0.4 is 5.32 Å². The maximum Gasteiger partial charge on any atom is 0.268 e. The molecular formula is C19H17BrN4O2. The topological polar surface area (TPSA) is 65.0 Å². The van der Waals surface area contributed by atoms with E-state index in [0.29, 0.717) is 35.6 Å². The molecule has 0 saturated carbocycles. The number of carbonyl (C=O) groups is 1. The van der Waals surface area contributed by atoms with Gasteiger partial charge in [-0.15, -0.1) is 0 Å². The van der Waals surface area contributed by atoms with Crippen LogP contribution in [0.3, 0.4) is 0 Å². The number of carbonyl (C=O) groups excluding carboxylic acids is 1. The van der Waals surface area contributed by atoms with Crippen molar-refractivity contribution >= 4 is 32.9 Å². The third-order valence-corrected chi connectivity index (χ3v) is 4.55. The molecule has 0 aliphatic heterocycles. The van der Waals surface area contributed by atoms with Crippen LogP contribution >= 0.6 is 15.9 Å². The van der Waals surface area contributed by atoms with Gasteiger partial charge in [-0.2, -0.15) is 5.10 Å². The molecule has 0 aliphatic carbocycles. The van der Waals surface area contributed by atoms with Crippen LogP contribution in [-0.2, 0) is 13.1 Å². The Labute approximate surface area is 158 Å². The van der Waals surface area contributed by atoms with Gasteiger partial charge in [0, 0.05) is 37.6 Å². The fraction of sp³-hybridized carbons (Fsp3) is 0.158. The first-order valence-electron chi connectivity index (χ1n) is 8.29. The van der Waals surface area contributed by atoms with E-state index in [2.05, 4.69) is 26.3 Å². The predicted octanol–water partition coefficient (Wildman–Crippen LogP) is 3.67. The summed E-state index contributed by atoms with van der Waals surface area (Å²) in [5.74, 6) is -0.129. The summed E-state index contributed by atoms with van der Waals surface area (Å²) in [5, 5.41) is 7.09. The predicted molar refractivity (Wildman–Crippen MR) is 102 cm³/mol. The fourth-order valence-corrected chi connectivity index (χ4v) is 3.33. The molecule has 0 spiro atoms. The Kier molecular flexibility index (Phi) is 4.62. The van der Waals surface area contributed by atoms with Gasteiger partial charge in [-0.25, -0.2) is 0 Å². The monoisotopic (exact) mass is 412 g/mol. The molecule has 0 atom stereocenters. The number of hydrogen-bond donors (Lipinski definition) is 1. The van der Waals surface area contributed by atoms with Gasteiger partial charge in [0.2, 0.25) is 0 Å². The molecule has 4 aromatic rings. The highest BCUT2D eigenvalue weighted by molar-refractivity contribution is 9.10. The second-order valence-electron chi connectivity index (χ2n) is 5.93. The number of nitrogens with zero attached hydrogens (tertiary/aromatic N) is 3. The molecule has 6 nitrogen and oxygen atoms in total. The Morgan fingerprint density at radius 3 is 2.81 bits per heavy atom. The number of halogens is 1. The van der Waals surface area contributed by atoms with Gasteiger partial charge in [0.05, 0.1) is 12.1 Å². The Balaban J connectivity index is 1.58. The number of furan rings is 1. The number of hydrogen-bond acceptors (Lipinski definition) is 3. The Morgan fingerprint density at radius 1 is 1.19 bits per heavy atom. The molecule has 26 heavy (non-hydrogen) atoms. The molecule has 3 aromatic heterocycles. The third-order valence-electron chi connectivity index (χ3n) is 4.16. The summed E-state index contributed by atoms with van der Waals surface area (Å²) in [6, 6.07) is 15.6. The van der Waals surface area contributed by atoms with Crippen molar-refractivity contribution in [2.75, 3.05) is 6.54 Å². The van der Waals surface area contributed by atoms with Crippen molar-refractivity contribution in [1.82, 2.24) is 19.7 Å². The zero-order valence-corrected chi connectivity index (χ0v) is 15.5. The normalized spacial score (nSPS) is 11.1. The average Bonchev–Trinajstić information content (AvgIpc) is 3.34. The van der Waals surface area contributed by atoms with Crippen molar-refractivity contribution in [2.45, 2.75) is 13.1 Å². The van der Waals surface area contributed by atoms with E-state index in [1.165, 1.54) is 0 Å². The Hall–Kier alpha value is -2.80. The molecule has 1 N–H and O–H groups in total. The summed E-state index contributed by atoms with van der Waals surface area (Å²) in [6.45, 7) is 1.72. The van der Waals surface area contributed by atoms with Gasteiger partial charge in [-0.05, 0) is 27.6 Å². The summed E-state index contributed by atoms with van der Waals surface area (Å²) < 4.78 is 10.0. The van der Waals surface area contributed by atoms with Gasteiger partial charge in [0.25, 0.3) is 5.91 Å². The molecule has 0 aliphatic rings. The molecule has 1 amide bonds. The molecular weight excluding hydrogens is 396 g/mol. The lowest BCUT2D eigenvalue weighted by Crippen LogP contribution is -2.29. The van der Waals surface area contributed by atoms with E-state index in [-0.39, 0.29) is 5.91 Å². The second kappa shape index (κ2) is 7.21. The van der Waals surface area contributed by atoms with Crippen LogP contribution in [0.5, 0.6) is 0 Å².